The summed E-state index contributed by atoms with van der Waals surface area (Å²) >= 11 is 0. The van der Waals surface area contributed by atoms with Crippen LogP contribution in [-0.4, -0.2) is 16.1 Å². The Hall–Kier alpha value is -2.07. The van der Waals surface area contributed by atoms with Gasteiger partial charge >= 0.3 is 0 Å². The van der Waals surface area contributed by atoms with Gasteiger partial charge in [-0.25, -0.2) is 4.98 Å². The second kappa shape index (κ2) is 6.14. The number of fused-ring (bicyclic) bond motifs is 1. The first kappa shape index (κ1) is 13.9. The van der Waals surface area contributed by atoms with Gasteiger partial charge in [0, 0.05) is 6.54 Å². The van der Waals surface area contributed by atoms with E-state index in [2.05, 4.69) is 40.0 Å². The minimum atomic E-state index is 0.789. The zero-order chi connectivity index (χ0) is 14.7. The van der Waals surface area contributed by atoms with Crippen LogP contribution in [0.15, 0.2) is 40.8 Å². The monoisotopic (exact) mass is 283 g/mol. The van der Waals surface area contributed by atoms with E-state index in [1.54, 1.807) is 0 Å². The molecule has 0 radical (unpaired) electrons. The van der Waals surface area contributed by atoms with Gasteiger partial charge in [0.15, 0.2) is 0 Å². The number of aryl methyl sites for hydroxylation is 3. The first-order valence-corrected chi connectivity index (χ1v) is 7.42. The molecule has 0 fully saturated rings. The zero-order valence-electron chi connectivity index (χ0n) is 12.6. The first-order chi connectivity index (χ1) is 10.2. The fourth-order valence-electron chi connectivity index (χ4n) is 2.63. The standard InChI is InChI=1S/C17H21N3O/c1-13-8-9-15(21-13)12-18-10-5-11-20-14(2)19-16-6-3-4-7-17(16)20/h3-4,6-9,18H,5,10-12H2,1-2H3. The zero-order valence-corrected chi connectivity index (χ0v) is 12.6. The topological polar surface area (TPSA) is 43.0 Å². The highest BCUT2D eigenvalue weighted by atomic mass is 16.3. The van der Waals surface area contributed by atoms with Gasteiger partial charge in [-0.05, 0) is 51.1 Å². The molecule has 21 heavy (non-hydrogen) atoms. The van der Waals surface area contributed by atoms with Crippen LogP contribution >= 0.6 is 0 Å². The van der Waals surface area contributed by atoms with Crippen LogP contribution in [0.4, 0.5) is 0 Å². The van der Waals surface area contributed by atoms with Crippen molar-refractivity contribution in [3.63, 3.8) is 0 Å². The van der Waals surface area contributed by atoms with E-state index in [0.717, 1.165) is 48.9 Å². The van der Waals surface area contributed by atoms with E-state index in [1.807, 2.05) is 25.1 Å². The highest BCUT2D eigenvalue weighted by molar-refractivity contribution is 5.75. The van der Waals surface area contributed by atoms with E-state index in [9.17, 15) is 0 Å². The van der Waals surface area contributed by atoms with Gasteiger partial charge in [-0.1, -0.05) is 12.1 Å². The predicted molar refractivity (Wildman–Crippen MR) is 84.2 cm³/mol. The second-order valence-corrected chi connectivity index (χ2v) is 5.34. The molecule has 2 heterocycles. The average Bonchev–Trinajstić information content (AvgIpc) is 3.02. The summed E-state index contributed by atoms with van der Waals surface area (Å²) in [6, 6.07) is 12.3. The maximum Gasteiger partial charge on any atom is 0.117 e. The smallest absolute Gasteiger partial charge is 0.117 e. The Morgan fingerprint density at radius 2 is 2.00 bits per heavy atom. The molecule has 0 unspecified atom stereocenters. The lowest BCUT2D eigenvalue weighted by Gasteiger charge is -2.07. The van der Waals surface area contributed by atoms with Crippen molar-refractivity contribution in [3.05, 3.63) is 53.7 Å². The van der Waals surface area contributed by atoms with Gasteiger partial charge in [0.25, 0.3) is 0 Å². The molecule has 0 bridgehead atoms. The summed E-state index contributed by atoms with van der Waals surface area (Å²) in [5, 5.41) is 3.42. The van der Waals surface area contributed by atoms with Gasteiger partial charge < -0.3 is 14.3 Å². The summed E-state index contributed by atoms with van der Waals surface area (Å²) in [6.45, 7) is 6.77. The Morgan fingerprint density at radius 1 is 1.14 bits per heavy atom. The summed E-state index contributed by atoms with van der Waals surface area (Å²) in [7, 11) is 0. The maximum atomic E-state index is 5.54. The normalized spacial score (nSPS) is 11.3. The SMILES string of the molecule is Cc1ccc(CNCCCn2c(C)nc3ccccc32)o1. The molecule has 0 saturated carbocycles. The summed E-state index contributed by atoms with van der Waals surface area (Å²) in [5.74, 6) is 3.04. The number of rotatable bonds is 6. The van der Waals surface area contributed by atoms with E-state index >= 15 is 0 Å². The Labute approximate surface area is 124 Å². The van der Waals surface area contributed by atoms with E-state index in [-0.39, 0.29) is 0 Å². The minimum absolute atomic E-state index is 0.789. The van der Waals surface area contributed by atoms with Crippen LogP contribution in [0.2, 0.25) is 0 Å². The molecule has 0 spiro atoms. The quantitative estimate of drug-likeness (QED) is 0.705. The van der Waals surface area contributed by atoms with Crippen molar-refractivity contribution >= 4 is 11.0 Å². The molecular formula is C17H21N3O. The summed E-state index contributed by atoms with van der Waals surface area (Å²) in [6.07, 6.45) is 1.07. The fraction of sp³-hybridized carbons (Fsp3) is 0.353. The predicted octanol–water partition coefficient (Wildman–Crippen LogP) is 3.43. The number of benzene rings is 1. The molecule has 0 saturated heterocycles. The van der Waals surface area contributed by atoms with Crippen molar-refractivity contribution in [1.82, 2.24) is 14.9 Å². The van der Waals surface area contributed by atoms with Crippen LogP contribution < -0.4 is 5.32 Å². The van der Waals surface area contributed by atoms with E-state index in [1.165, 1.54) is 5.52 Å². The van der Waals surface area contributed by atoms with E-state index in [4.69, 9.17) is 4.42 Å². The Balaban J connectivity index is 1.51. The van der Waals surface area contributed by atoms with Crippen LogP contribution in [-0.2, 0) is 13.1 Å². The van der Waals surface area contributed by atoms with Crippen molar-refractivity contribution in [1.29, 1.82) is 0 Å². The number of nitrogens with zero attached hydrogens (tertiary/aromatic N) is 2. The molecule has 0 amide bonds. The van der Waals surface area contributed by atoms with Crippen LogP contribution in [0.25, 0.3) is 11.0 Å². The molecule has 4 nitrogen and oxygen atoms in total. The summed E-state index contributed by atoms with van der Waals surface area (Å²) in [4.78, 5) is 4.59. The van der Waals surface area contributed by atoms with Crippen molar-refractivity contribution in [3.8, 4) is 0 Å². The highest BCUT2D eigenvalue weighted by Gasteiger charge is 2.05. The number of nitrogens with one attached hydrogen (secondary N) is 1. The van der Waals surface area contributed by atoms with Crippen LogP contribution in [0.3, 0.4) is 0 Å². The van der Waals surface area contributed by atoms with Crippen molar-refractivity contribution in [2.45, 2.75) is 33.4 Å². The minimum Gasteiger partial charge on any atom is -0.465 e. The molecule has 0 aliphatic carbocycles. The Morgan fingerprint density at radius 3 is 2.81 bits per heavy atom. The largest absolute Gasteiger partial charge is 0.465 e. The van der Waals surface area contributed by atoms with Crippen molar-refractivity contribution in [2.75, 3.05) is 6.54 Å². The third kappa shape index (κ3) is 3.16. The number of aromatic nitrogens is 2. The fourth-order valence-corrected chi connectivity index (χ4v) is 2.63. The second-order valence-electron chi connectivity index (χ2n) is 5.34. The lowest BCUT2D eigenvalue weighted by Crippen LogP contribution is -2.16. The van der Waals surface area contributed by atoms with Gasteiger partial charge in [-0.2, -0.15) is 0 Å². The molecule has 0 aliphatic rings. The van der Waals surface area contributed by atoms with Crippen LogP contribution in [0.5, 0.6) is 0 Å². The Kier molecular flexibility index (Phi) is 4.06. The van der Waals surface area contributed by atoms with Crippen LogP contribution in [0, 0.1) is 13.8 Å². The molecule has 2 aromatic heterocycles. The number of imidazole rings is 1. The van der Waals surface area contributed by atoms with Crippen molar-refractivity contribution < 1.29 is 4.42 Å². The number of hydrogen-bond donors (Lipinski definition) is 1. The first-order valence-electron chi connectivity index (χ1n) is 7.42. The average molecular weight is 283 g/mol. The molecule has 1 aromatic carbocycles. The number of furan rings is 1. The Bertz CT molecular complexity index is 727. The third-order valence-electron chi connectivity index (χ3n) is 3.68. The molecule has 3 aromatic rings. The van der Waals surface area contributed by atoms with Crippen LogP contribution in [0.1, 0.15) is 23.8 Å². The van der Waals surface area contributed by atoms with Gasteiger partial charge in [-0.15, -0.1) is 0 Å². The van der Waals surface area contributed by atoms with Gasteiger partial charge in [-0.3, -0.25) is 0 Å². The maximum absolute atomic E-state index is 5.54. The van der Waals surface area contributed by atoms with E-state index < -0.39 is 0 Å². The highest BCUT2D eigenvalue weighted by Crippen LogP contribution is 2.15. The lowest BCUT2D eigenvalue weighted by atomic mass is 10.3. The summed E-state index contributed by atoms with van der Waals surface area (Å²) in [5.41, 5.74) is 2.30. The van der Waals surface area contributed by atoms with Gasteiger partial charge in [0.05, 0.1) is 17.6 Å². The molecular weight excluding hydrogens is 262 g/mol. The number of hydrogen-bond acceptors (Lipinski definition) is 3. The molecule has 0 aliphatic heterocycles. The van der Waals surface area contributed by atoms with E-state index in [0.29, 0.717) is 0 Å². The third-order valence-corrected chi connectivity index (χ3v) is 3.68. The van der Waals surface area contributed by atoms with Gasteiger partial charge in [0.1, 0.15) is 17.3 Å². The van der Waals surface area contributed by atoms with Gasteiger partial charge in [0.2, 0.25) is 0 Å². The molecule has 3 rings (SSSR count). The molecule has 0 atom stereocenters. The number of para-hydroxylation sites is 2. The molecule has 110 valence electrons. The lowest BCUT2D eigenvalue weighted by molar-refractivity contribution is 0.457. The molecule has 4 heteroatoms. The van der Waals surface area contributed by atoms with Crippen molar-refractivity contribution in [2.24, 2.45) is 0 Å². The summed E-state index contributed by atoms with van der Waals surface area (Å²) < 4.78 is 7.82. The molecule has 1 N–H and O–H groups in total.